The molecule has 0 bridgehead atoms. The largest absolute Gasteiger partial charge is 0.465 e. The molecule has 6 heteroatoms. The number of amides is 1. The Bertz CT molecular complexity index is 1010. The Labute approximate surface area is 157 Å². The first-order valence-electron chi connectivity index (χ1n) is 7.82. The molecule has 3 aromatic rings. The Balaban J connectivity index is 1.82. The number of aliphatic imine (C=N–C) groups is 1. The Hall–Kier alpha value is -2.99. The van der Waals surface area contributed by atoms with Crippen molar-refractivity contribution in [3.05, 3.63) is 94.2 Å². The number of rotatable bonds is 3. The topological polar surface area (TPSA) is 45.8 Å². The fourth-order valence-electron chi connectivity index (χ4n) is 2.65. The molecule has 4 rings (SSSR count). The van der Waals surface area contributed by atoms with Crippen molar-refractivity contribution in [3.63, 3.8) is 0 Å². The quantitative estimate of drug-likeness (QED) is 0.569. The smallest absolute Gasteiger partial charge is 0.282 e. The van der Waals surface area contributed by atoms with Gasteiger partial charge in [0.1, 0.15) is 23.1 Å². The molecule has 0 fully saturated rings. The third-order valence-corrected chi connectivity index (χ3v) is 4.40. The van der Waals surface area contributed by atoms with Gasteiger partial charge in [-0.2, -0.15) is 0 Å². The first-order chi connectivity index (χ1) is 12.6. The van der Waals surface area contributed by atoms with E-state index in [4.69, 9.17) is 4.42 Å². The predicted molar refractivity (Wildman–Crippen MR) is 101 cm³/mol. The van der Waals surface area contributed by atoms with Crippen LogP contribution in [0.4, 0.5) is 10.1 Å². The summed E-state index contributed by atoms with van der Waals surface area (Å²) in [6, 6.07) is 16.7. The van der Waals surface area contributed by atoms with Gasteiger partial charge in [-0.05, 0) is 60.7 Å². The van der Waals surface area contributed by atoms with Crippen molar-refractivity contribution in [2.75, 3.05) is 4.90 Å². The third-order valence-electron chi connectivity index (χ3n) is 3.87. The second kappa shape index (κ2) is 6.72. The highest BCUT2D eigenvalue weighted by Gasteiger charge is 2.32. The molecule has 128 valence electrons. The van der Waals surface area contributed by atoms with Crippen molar-refractivity contribution in [2.45, 2.75) is 0 Å². The van der Waals surface area contributed by atoms with E-state index in [1.165, 1.54) is 23.3 Å². The molecule has 1 aromatic heterocycles. The first kappa shape index (κ1) is 16.5. The number of carbonyl (C=O) groups is 1. The van der Waals surface area contributed by atoms with Crippen LogP contribution in [0.1, 0.15) is 11.3 Å². The second-order valence-electron chi connectivity index (χ2n) is 5.60. The third kappa shape index (κ3) is 3.11. The summed E-state index contributed by atoms with van der Waals surface area (Å²) in [6.07, 6.45) is 3.12. The molecule has 2 aromatic carbocycles. The lowest BCUT2D eigenvalue weighted by Gasteiger charge is -2.18. The van der Waals surface area contributed by atoms with Crippen molar-refractivity contribution >= 4 is 39.4 Å². The molecule has 1 aliphatic heterocycles. The van der Waals surface area contributed by atoms with Crippen LogP contribution in [0.2, 0.25) is 0 Å². The van der Waals surface area contributed by atoms with Gasteiger partial charge in [0, 0.05) is 16.1 Å². The van der Waals surface area contributed by atoms with Crippen LogP contribution in [0.15, 0.2) is 86.5 Å². The molecule has 2 heterocycles. The highest BCUT2D eigenvalue weighted by Crippen LogP contribution is 2.29. The number of nitrogens with zero attached hydrogens (tertiary/aromatic N) is 2. The van der Waals surface area contributed by atoms with Gasteiger partial charge in [0.05, 0.1) is 12.0 Å². The number of benzene rings is 2. The molecule has 1 aliphatic rings. The van der Waals surface area contributed by atoms with Gasteiger partial charge in [-0.25, -0.2) is 9.38 Å². The molecule has 0 saturated carbocycles. The summed E-state index contributed by atoms with van der Waals surface area (Å²) in [5.74, 6) is 0.353. The van der Waals surface area contributed by atoms with Crippen LogP contribution < -0.4 is 4.90 Å². The van der Waals surface area contributed by atoms with Gasteiger partial charge in [-0.15, -0.1) is 0 Å². The SMILES string of the molecule is O=C1/C(=C\c2ccco2)N=C(c2ccc(F)cc2)N1c1ccc(Br)cc1. The number of furan rings is 1. The van der Waals surface area contributed by atoms with Gasteiger partial charge in [0.25, 0.3) is 5.91 Å². The van der Waals surface area contributed by atoms with Gasteiger partial charge in [-0.1, -0.05) is 15.9 Å². The number of carbonyl (C=O) groups excluding carboxylic acids is 1. The summed E-state index contributed by atoms with van der Waals surface area (Å²) in [6.45, 7) is 0. The minimum Gasteiger partial charge on any atom is -0.465 e. The highest BCUT2D eigenvalue weighted by molar-refractivity contribution is 9.10. The van der Waals surface area contributed by atoms with Crippen LogP contribution in [-0.2, 0) is 4.79 Å². The zero-order valence-electron chi connectivity index (χ0n) is 13.4. The Morgan fingerprint density at radius 3 is 2.42 bits per heavy atom. The molecular formula is C20H12BrFN2O2. The van der Waals surface area contributed by atoms with Crippen LogP contribution in [0, 0.1) is 5.82 Å². The van der Waals surface area contributed by atoms with E-state index in [1.54, 1.807) is 30.3 Å². The van der Waals surface area contributed by atoms with E-state index < -0.39 is 0 Å². The van der Waals surface area contributed by atoms with Crippen LogP contribution >= 0.6 is 15.9 Å². The number of hydrogen-bond acceptors (Lipinski definition) is 3. The van der Waals surface area contributed by atoms with Gasteiger partial charge >= 0.3 is 0 Å². The molecule has 0 radical (unpaired) electrons. The fraction of sp³-hybridized carbons (Fsp3) is 0. The maximum atomic E-state index is 13.3. The Morgan fingerprint density at radius 2 is 1.77 bits per heavy atom. The molecule has 1 amide bonds. The van der Waals surface area contributed by atoms with Gasteiger partial charge < -0.3 is 4.42 Å². The average molecular weight is 411 g/mol. The van der Waals surface area contributed by atoms with E-state index in [2.05, 4.69) is 20.9 Å². The van der Waals surface area contributed by atoms with E-state index in [0.717, 1.165) is 4.47 Å². The number of amidine groups is 1. The standard InChI is InChI=1S/C20H12BrFN2O2/c21-14-5-9-16(10-6-14)24-19(13-3-7-15(22)8-4-13)23-18(20(24)25)12-17-2-1-11-26-17/h1-12H/b18-12+. The lowest BCUT2D eigenvalue weighted by Crippen LogP contribution is -2.32. The van der Waals surface area contributed by atoms with Gasteiger partial charge in [0.15, 0.2) is 0 Å². The Morgan fingerprint density at radius 1 is 1.04 bits per heavy atom. The summed E-state index contributed by atoms with van der Waals surface area (Å²) in [7, 11) is 0. The lowest BCUT2D eigenvalue weighted by molar-refractivity contribution is -0.113. The molecule has 4 nitrogen and oxygen atoms in total. The number of halogens is 2. The summed E-state index contributed by atoms with van der Waals surface area (Å²) in [5, 5.41) is 0. The zero-order valence-corrected chi connectivity index (χ0v) is 15.0. The van der Waals surface area contributed by atoms with E-state index in [0.29, 0.717) is 22.8 Å². The van der Waals surface area contributed by atoms with Crippen LogP contribution in [0.5, 0.6) is 0 Å². The van der Waals surface area contributed by atoms with E-state index in [9.17, 15) is 9.18 Å². The monoisotopic (exact) mass is 410 g/mol. The van der Waals surface area contributed by atoms with E-state index in [1.807, 2.05) is 24.3 Å². The van der Waals surface area contributed by atoms with Crippen molar-refractivity contribution in [1.29, 1.82) is 0 Å². The first-order valence-corrected chi connectivity index (χ1v) is 8.61. The number of hydrogen-bond donors (Lipinski definition) is 0. The molecule has 0 unspecified atom stereocenters. The molecule has 0 saturated heterocycles. The van der Waals surface area contributed by atoms with Crippen LogP contribution in [0.25, 0.3) is 6.08 Å². The minimum atomic E-state index is -0.347. The van der Waals surface area contributed by atoms with Gasteiger partial charge in [-0.3, -0.25) is 9.69 Å². The lowest BCUT2D eigenvalue weighted by atomic mass is 10.1. The molecule has 26 heavy (non-hydrogen) atoms. The Kier molecular flexibility index (Phi) is 4.26. The molecule has 0 aliphatic carbocycles. The summed E-state index contributed by atoms with van der Waals surface area (Å²) < 4.78 is 19.5. The minimum absolute atomic E-state index is 0.252. The van der Waals surface area contributed by atoms with Crippen molar-refractivity contribution in [3.8, 4) is 0 Å². The zero-order chi connectivity index (χ0) is 18.1. The van der Waals surface area contributed by atoms with Crippen LogP contribution in [0.3, 0.4) is 0 Å². The number of anilines is 1. The summed E-state index contributed by atoms with van der Waals surface area (Å²) in [5.41, 5.74) is 1.57. The molecule has 0 spiro atoms. The summed E-state index contributed by atoms with van der Waals surface area (Å²) >= 11 is 3.39. The maximum absolute atomic E-state index is 13.3. The maximum Gasteiger partial charge on any atom is 0.282 e. The second-order valence-corrected chi connectivity index (χ2v) is 6.52. The van der Waals surface area contributed by atoms with Crippen molar-refractivity contribution in [2.24, 2.45) is 4.99 Å². The van der Waals surface area contributed by atoms with Crippen LogP contribution in [-0.4, -0.2) is 11.7 Å². The fourth-order valence-corrected chi connectivity index (χ4v) is 2.91. The summed E-state index contributed by atoms with van der Waals surface area (Å²) in [4.78, 5) is 19.0. The molecular weight excluding hydrogens is 399 g/mol. The van der Waals surface area contributed by atoms with E-state index >= 15 is 0 Å². The molecule has 0 N–H and O–H groups in total. The van der Waals surface area contributed by atoms with Crippen molar-refractivity contribution in [1.82, 2.24) is 0 Å². The highest BCUT2D eigenvalue weighted by atomic mass is 79.9. The van der Waals surface area contributed by atoms with Gasteiger partial charge in [0.2, 0.25) is 0 Å². The van der Waals surface area contributed by atoms with E-state index in [-0.39, 0.29) is 17.4 Å². The normalized spacial score (nSPS) is 15.6. The predicted octanol–water partition coefficient (Wildman–Crippen LogP) is 5.02. The van der Waals surface area contributed by atoms with Crippen molar-refractivity contribution < 1.29 is 13.6 Å². The average Bonchev–Trinajstić information content (AvgIpc) is 3.26. The molecule has 0 atom stereocenters.